The highest BCUT2D eigenvalue weighted by Gasteiger charge is 2.80. The summed E-state index contributed by atoms with van der Waals surface area (Å²) in [5, 5.41) is 40.1. The number of nitrogens with one attached hydrogen (secondary N) is 1. The average Bonchev–Trinajstić information content (AvgIpc) is 2.96. The minimum Gasteiger partial charge on any atom is -0.496 e. The van der Waals surface area contributed by atoms with E-state index < -0.39 is 34.5 Å². The molecule has 4 atom stereocenters. The van der Waals surface area contributed by atoms with Crippen LogP contribution in [0.3, 0.4) is 0 Å². The Morgan fingerprint density at radius 3 is 2.19 bits per heavy atom. The molecule has 2 aromatic carbocycles. The summed E-state index contributed by atoms with van der Waals surface area (Å²) in [4.78, 5) is 0. The van der Waals surface area contributed by atoms with Crippen molar-refractivity contribution in [2.75, 3.05) is 7.11 Å². The van der Waals surface area contributed by atoms with Gasteiger partial charge in [-0.1, -0.05) is 48.0 Å². The van der Waals surface area contributed by atoms with Crippen molar-refractivity contribution in [3.05, 3.63) is 64.7 Å². The van der Waals surface area contributed by atoms with Crippen molar-refractivity contribution in [3.63, 3.8) is 0 Å². The number of hydrogen-bond acceptors (Lipinski definition) is 7. The monoisotopic (exact) mass is 432 g/mol. The summed E-state index contributed by atoms with van der Waals surface area (Å²) in [7, 11) is 1.48. The van der Waals surface area contributed by atoms with E-state index in [0.717, 1.165) is 0 Å². The summed E-state index contributed by atoms with van der Waals surface area (Å²) >= 11 is 6.39. The van der Waals surface area contributed by atoms with Crippen LogP contribution in [0.2, 0.25) is 5.02 Å². The minimum absolute atomic E-state index is 0.278. The van der Waals surface area contributed by atoms with Crippen LogP contribution in [0.15, 0.2) is 48.5 Å². The van der Waals surface area contributed by atoms with Gasteiger partial charge in [0.1, 0.15) is 11.9 Å². The van der Waals surface area contributed by atoms with Gasteiger partial charge >= 0.3 is 0 Å². The predicted octanol–water partition coefficient (Wildman–Crippen LogP) is 4.47. The molecule has 0 aliphatic carbocycles. The van der Waals surface area contributed by atoms with Gasteiger partial charge in [-0.2, -0.15) is 15.8 Å². The molecule has 2 saturated heterocycles. The molecule has 2 aliphatic heterocycles. The number of para-hydroxylation sites is 1. The lowest BCUT2D eigenvalue weighted by molar-refractivity contribution is -0.253. The highest BCUT2D eigenvalue weighted by Crippen LogP contribution is 2.70. The predicted molar refractivity (Wildman–Crippen MR) is 110 cm³/mol. The lowest BCUT2D eigenvalue weighted by atomic mass is 9.52. The third kappa shape index (κ3) is 2.44. The highest BCUT2D eigenvalue weighted by molar-refractivity contribution is 6.31. The quantitative estimate of drug-likeness (QED) is 0.763. The molecule has 2 aromatic rings. The molecule has 4 unspecified atom stereocenters. The second-order valence-electron chi connectivity index (χ2n) is 7.59. The number of rotatable bonds is 3. The van der Waals surface area contributed by atoms with E-state index in [-0.39, 0.29) is 5.02 Å². The summed E-state index contributed by atoms with van der Waals surface area (Å²) in [5.41, 5.74) is -3.22. The molecule has 2 heterocycles. The van der Waals surface area contributed by atoms with Crippen molar-refractivity contribution in [2.24, 2.45) is 10.8 Å². The topological polar surface area (TPSA) is 123 Å². The fourth-order valence-corrected chi connectivity index (χ4v) is 5.06. The summed E-state index contributed by atoms with van der Waals surface area (Å²) < 4.78 is 17.6. The molecule has 1 N–H and O–H groups in total. The first kappa shape index (κ1) is 20.7. The van der Waals surface area contributed by atoms with E-state index in [2.05, 4.69) is 6.07 Å². The van der Waals surface area contributed by atoms with Crippen molar-refractivity contribution in [3.8, 4) is 24.0 Å². The maximum absolute atomic E-state index is 10.5. The van der Waals surface area contributed by atoms with E-state index in [1.165, 1.54) is 7.11 Å². The van der Waals surface area contributed by atoms with Gasteiger partial charge in [0.25, 0.3) is 0 Å². The first-order valence-electron chi connectivity index (χ1n) is 9.42. The summed E-state index contributed by atoms with van der Waals surface area (Å²) in [5.74, 6) is -2.57. The zero-order valence-electron chi connectivity index (χ0n) is 16.7. The standard InChI is InChI=1S/C23H17ClN4O3/c1-21-18(15-8-4-6-10-17(15)29-2)23(13-27,20(28)31-21)22(11-25,12-26)19(30-21)14-7-3-5-9-16(14)24/h3-10,18-19,28H,1-2H3. The number of methoxy groups -OCH3 is 1. The second-order valence-corrected chi connectivity index (χ2v) is 8.00. The van der Waals surface area contributed by atoms with E-state index >= 15 is 0 Å². The number of nitrogens with zero attached hydrogens (tertiary/aromatic N) is 3. The smallest absolute Gasteiger partial charge is 0.219 e. The van der Waals surface area contributed by atoms with Crippen LogP contribution in [0, 0.1) is 50.2 Å². The van der Waals surface area contributed by atoms with Gasteiger partial charge in [-0.05, 0) is 12.1 Å². The normalized spacial score (nSPS) is 30.4. The van der Waals surface area contributed by atoms with Crippen LogP contribution in [-0.2, 0) is 9.47 Å². The molecule has 154 valence electrons. The molecular weight excluding hydrogens is 416 g/mol. The number of nitriles is 3. The Balaban J connectivity index is 2.08. The minimum atomic E-state index is -2.12. The Labute approximate surface area is 184 Å². The first-order valence-corrected chi connectivity index (χ1v) is 9.80. The van der Waals surface area contributed by atoms with Crippen LogP contribution in [0.5, 0.6) is 5.75 Å². The van der Waals surface area contributed by atoms with Gasteiger partial charge in [-0.3, -0.25) is 5.41 Å². The molecule has 2 fully saturated rings. The third-order valence-corrected chi connectivity index (χ3v) is 6.50. The van der Waals surface area contributed by atoms with Crippen molar-refractivity contribution >= 4 is 17.5 Å². The number of ether oxygens (including phenoxy) is 3. The Morgan fingerprint density at radius 2 is 1.61 bits per heavy atom. The largest absolute Gasteiger partial charge is 0.496 e. The van der Waals surface area contributed by atoms with Gasteiger partial charge in [-0.15, -0.1) is 0 Å². The Hall–Kier alpha value is -3.57. The molecule has 4 rings (SSSR count). The Kier molecular flexibility index (Phi) is 4.67. The molecule has 2 aliphatic rings. The Bertz CT molecular complexity index is 1200. The number of halogens is 1. The van der Waals surface area contributed by atoms with Gasteiger partial charge in [0.15, 0.2) is 5.41 Å². The highest BCUT2D eigenvalue weighted by atomic mass is 35.5. The first-order chi connectivity index (χ1) is 14.8. The SMILES string of the molecule is COc1ccccc1C1C2(C)OC(=N)C1(C#N)C(C#N)(C#N)C(c1ccccc1Cl)O2. The fraction of sp³-hybridized carbons (Fsp3) is 0.304. The molecule has 0 saturated carbocycles. The van der Waals surface area contributed by atoms with Gasteiger partial charge in [0.05, 0.1) is 31.2 Å². The molecular formula is C23H17ClN4O3. The van der Waals surface area contributed by atoms with Crippen molar-refractivity contribution in [1.82, 2.24) is 0 Å². The number of benzene rings is 2. The second kappa shape index (κ2) is 7.00. The van der Waals surface area contributed by atoms with E-state index in [1.54, 1.807) is 55.5 Å². The molecule has 2 bridgehead atoms. The third-order valence-electron chi connectivity index (χ3n) is 6.15. The van der Waals surface area contributed by atoms with E-state index in [0.29, 0.717) is 16.9 Å². The molecule has 7 nitrogen and oxygen atoms in total. The van der Waals surface area contributed by atoms with Gasteiger partial charge in [0.2, 0.25) is 17.1 Å². The maximum Gasteiger partial charge on any atom is 0.219 e. The van der Waals surface area contributed by atoms with Crippen LogP contribution in [-0.4, -0.2) is 18.8 Å². The van der Waals surface area contributed by atoms with Crippen molar-refractivity contribution in [1.29, 1.82) is 21.2 Å². The maximum atomic E-state index is 10.5. The molecule has 31 heavy (non-hydrogen) atoms. The summed E-state index contributed by atoms with van der Waals surface area (Å²) in [6.45, 7) is 1.60. The number of hydrogen-bond donors (Lipinski definition) is 1. The fourth-order valence-electron chi connectivity index (χ4n) is 4.82. The van der Waals surface area contributed by atoms with Crippen LogP contribution in [0.25, 0.3) is 0 Å². The van der Waals surface area contributed by atoms with Gasteiger partial charge < -0.3 is 14.2 Å². The molecule has 0 aromatic heterocycles. The van der Waals surface area contributed by atoms with Crippen LogP contribution in [0.4, 0.5) is 0 Å². The molecule has 0 radical (unpaired) electrons. The van der Waals surface area contributed by atoms with Gasteiger partial charge in [-0.25, -0.2) is 0 Å². The zero-order chi connectivity index (χ0) is 22.4. The molecule has 0 spiro atoms. The van der Waals surface area contributed by atoms with E-state index in [4.69, 9.17) is 31.2 Å². The molecule has 8 heteroatoms. The van der Waals surface area contributed by atoms with Gasteiger partial charge in [0, 0.05) is 23.1 Å². The van der Waals surface area contributed by atoms with Crippen LogP contribution >= 0.6 is 11.6 Å². The lowest BCUT2D eigenvalue weighted by Gasteiger charge is -2.49. The zero-order valence-corrected chi connectivity index (χ0v) is 17.5. The summed E-state index contributed by atoms with van der Waals surface area (Å²) in [6, 6.07) is 19.7. The van der Waals surface area contributed by atoms with Crippen molar-refractivity contribution < 1.29 is 14.2 Å². The molecule has 0 amide bonds. The Morgan fingerprint density at radius 1 is 1.00 bits per heavy atom. The van der Waals surface area contributed by atoms with Crippen molar-refractivity contribution in [2.45, 2.75) is 24.7 Å². The average molecular weight is 433 g/mol. The number of fused-ring (bicyclic) bond motifs is 2. The lowest BCUT2D eigenvalue weighted by Crippen LogP contribution is -2.57. The van der Waals surface area contributed by atoms with Crippen LogP contribution in [0.1, 0.15) is 30.1 Å². The van der Waals surface area contributed by atoms with E-state index in [9.17, 15) is 15.8 Å². The summed E-state index contributed by atoms with van der Waals surface area (Å²) in [6.07, 6.45) is -1.23. The van der Waals surface area contributed by atoms with Crippen LogP contribution < -0.4 is 4.74 Å². The van der Waals surface area contributed by atoms with E-state index in [1.807, 2.05) is 12.1 Å².